The lowest BCUT2D eigenvalue weighted by atomic mass is 9.92. The molecule has 26 heavy (non-hydrogen) atoms. The molecule has 6 heteroatoms. The maximum absolute atomic E-state index is 12.5. The minimum Gasteiger partial charge on any atom is -0.372 e. The molecule has 1 aromatic heterocycles. The first kappa shape index (κ1) is 17.7. The Bertz CT molecular complexity index is 632. The lowest BCUT2D eigenvalue weighted by Gasteiger charge is -2.36. The summed E-state index contributed by atoms with van der Waals surface area (Å²) < 4.78 is 5.78. The monoisotopic (exact) mass is 358 g/mol. The van der Waals surface area contributed by atoms with Crippen LogP contribution in [0, 0.1) is 11.3 Å². The number of nitrogens with zero attached hydrogens (tertiary/aromatic N) is 2. The van der Waals surface area contributed by atoms with Crippen LogP contribution in [0.2, 0.25) is 0 Å². The van der Waals surface area contributed by atoms with Crippen LogP contribution in [-0.4, -0.2) is 49.3 Å². The van der Waals surface area contributed by atoms with Gasteiger partial charge in [-0.15, -0.1) is 0 Å². The molecule has 0 radical (unpaired) electrons. The van der Waals surface area contributed by atoms with Crippen molar-refractivity contribution < 1.29 is 9.53 Å². The predicted molar refractivity (Wildman–Crippen MR) is 101 cm³/mol. The zero-order chi connectivity index (χ0) is 18.1. The zero-order valence-corrected chi connectivity index (χ0v) is 15.8. The number of rotatable bonds is 4. The molecule has 3 aliphatic rings. The van der Waals surface area contributed by atoms with Gasteiger partial charge >= 0.3 is 0 Å². The van der Waals surface area contributed by atoms with Gasteiger partial charge in [-0.05, 0) is 63.2 Å². The average molecular weight is 358 g/mol. The van der Waals surface area contributed by atoms with E-state index in [-0.39, 0.29) is 24.0 Å². The normalized spacial score (nSPS) is 30.2. The van der Waals surface area contributed by atoms with Gasteiger partial charge in [0.25, 0.3) is 0 Å². The van der Waals surface area contributed by atoms with Gasteiger partial charge in [-0.25, -0.2) is 4.98 Å². The highest BCUT2D eigenvalue weighted by Gasteiger charge is 2.57. The minimum absolute atomic E-state index is 0.215. The van der Waals surface area contributed by atoms with E-state index in [2.05, 4.69) is 46.5 Å². The second-order valence-corrected chi connectivity index (χ2v) is 8.27. The molecule has 2 N–H and O–H groups in total. The van der Waals surface area contributed by atoms with Gasteiger partial charge in [-0.1, -0.05) is 6.07 Å². The molecule has 2 saturated heterocycles. The van der Waals surface area contributed by atoms with Crippen molar-refractivity contribution >= 4 is 11.7 Å². The molecule has 2 aliphatic heterocycles. The van der Waals surface area contributed by atoms with Gasteiger partial charge in [0.2, 0.25) is 5.91 Å². The molecular weight excluding hydrogens is 328 g/mol. The van der Waals surface area contributed by atoms with Gasteiger partial charge < -0.3 is 20.3 Å². The number of piperidine rings is 1. The number of amides is 1. The Morgan fingerprint density at radius 3 is 2.69 bits per heavy atom. The Morgan fingerprint density at radius 1 is 1.31 bits per heavy atom. The van der Waals surface area contributed by atoms with E-state index >= 15 is 0 Å². The van der Waals surface area contributed by atoms with E-state index < -0.39 is 0 Å². The summed E-state index contributed by atoms with van der Waals surface area (Å²) in [6.45, 7) is 8.59. The molecule has 0 aromatic carbocycles. The van der Waals surface area contributed by atoms with Crippen molar-refractivity contribution in [2.45, 2.75) is 51.9 Å². The molecule has 1 saturated carbocycles. The number of carbonyl (C=O) groups is 1. The summed E-state index contributed by atoms with van der Waals surface area (Å²) in [5.41, 5.74) is 1.35. The first-order chi connectivity index (χ1) is 12.6. The summed E-state index contributed by atoms with van der Waals surface area (Å²) in [5, 5.41) is 6.50. The molecule has 1 aromatic rings. The van der Waals surface area contributed by atoms with Crippen LogP contribution in [0.15, 0.2) is 18.3 Å². The standard InChI is InChI=1S/C20H30N4O2/c1-14-12-24(13-15(2)26-14)18-4-3-16(10-22-18)11-23-19(25)17-9-20(17)5-7-21-8-6-20/h3-4,10,14-15,17,21H,5-9,11-13H2,1-2H3,(H,23,25). The predicted octanol–water partition coefficient (Wildman–Crippen LogP) is 1.70. The molecular formula is C20H30N4O2. The molecule has 6 nitrogen and oxygen atoms in total. The van der Waals surface area contributed by atoms with Gasteiger partial charge in [-0.3, -0.25) is 4.79 Å². The van der Waals surface area contributed by atoms with Crippen LogP contribution in [0.25, 0.3) is 0 Å². The Balaban J connectivity index is 1.29. The highest BCUT2D eigenvalue weighted by atomic mass is 16.5. The third-order valence-electron chi connectivity index (χ3n) is 6.13. The molecule has 1 aliphatic carbocycles. The number of aromatic nitrogens is 1. The fraction of sp³-hybridized carbons (Fsp3) is 0.700. The van der Waals surface area contributed by atoms with Crippen molar-refractivity contribution in [2.24, 2.45) is 11.3 Å². The Morgan fingerprint density at radius 2 is 2.04 bits per heavy atom. The van der Waals surface area contributed by atoms with Gasteiger partial charge in [0.05, 0.1) is 12.2 Å². The number of nitrogens with one attached hydrogen (secondary N) is 2. The first-order valence-electron chi connectivity index (χ1n) is 9.89. The molecule has 142 valence electrons. The fourth-order valence-corrected chi connectivity index (χ4v) is 4.58. The Labute approximate surface area is 155 Å². The van der Waals surface area contributed by atoms with Gasteiger partial charge in [0.15, 0.2) is 0 Å². The average Bonchev–Trinajstić information content (AvgIpc) is 3.33. The van der Waals surface area contributed by atoms with Crippen molar-refractivity contribution in [3.8, 4) is 0 Å². The number of anilines is 1. The number of hydrogen-bond acceptors (Lipinski definition) is 5. The summed E-state index contributed by atoms with van der Waals surface area (Å²) in [6, 6.07) is 4.12. The molecule has 3 atom stereocenters. The van der Waals surface area contributed by atoms with Crippen LogP contribution in [0.4, 0.5) is 5.82 Å². The molecule has 1 amide bonds. The van der Waals surface area contributed by atoms with E-state index in [4.69, 9.17) is 4.74 Å². The third kappa shape index (κ3) is 3.71. The van der Waals surface area contributed by atoms with Crippen molar-refractivity contribution in [1.82, 2.24) is 15.6 Å². The highest BCUT2D eigenvalue weighted by molar-refractivity contribution is 5.82. The van der Waals surface area contributed by atoms with Crippen molar-refractivity contribution in [3.05, 3.63) is 23.9 Å². The first-order valence-corrected chi connectivity index (χ1v) is 9.89. The Kier molecular flexibility index (Phi) is 4.88. The SMILES string of the molecule is CC1CN(c2ccc(CNC(=O)C3CC34CCNCC4)cn2)CC(C)O1. The molecule has 3 heterocycles. The van der Waals surface area contributed by atoms with Crippen LogP contribution in [0.1, 0.15) is 38.7 Å². The lowest BCUT2D eigenvalue weighted by molar-refractivity contribution is -0.123. The van der Waals surface area contributed by atoms with E-state index in [1.807, 2.05) is 6.20 Å². The smallest absolute Gasteiger partial charge is 0.223 e. The number of hydrogen-bond donors (Lipinski definition) is 2. The van der Waals surface area contributed by atoms with Crippen LogP contribution in [0.5, 0.6) is 0 Å². The second-order valence-electron chi connectivity index (χ2n) is 8.27. The fourth-order valence-electron chi connectivity index (χ4n) is 4.58. The molecule has 1 spiro atoms. The van der Waals surface area contributed by atoms with Crippen molar-refractivity contribution in [1.29, 1.82) is 0 Å². The quantitative estimate of drug-likeness (QED) is 0.858. The van der Waals surface area contributed by atoms with E-state index in [1.54, 1.807) is 0 Å². The number of pyridine rings is 1. The number of morpholine rings is 1. The van der Waals surface area contributed by atoms with Crippen molar-refractivity contribution in [2.75, 3.05) is 31.1 Å². The van der Waals surface area contributed by atoms with Crippen molar-refractivity contribution in [3.63, 3.8) is 0 Å². The number of ether oxygens (including phenoxy) is 1. The summed E-state index contributed by atoms with van der Waals surface area (Å²) in [6.07, 6.45) is 5.66. The van der Waals surface area contributed by atoms with E-state index in [9.17, 15) is 4.79 Å². The van der Waals surface area contributed by atoms with Gasteiger partial charge in [-0.2, -0.15) is 0 Å². The largest absolute Gasteiger partial charge is 0.372 e. The highest BCUT2D eigenvalue weighted by Crippen LogP contribution is 2.58. The molecule has 4 rings (SSSR count). The summed E-state index contributed by atoms with van der Waals surface area (Å²) in [4.78, 5) is 19.3. The van der Waals surface area contributed by atoms with E-state index in [0.717, 1.165) is 56.8 Å². The van der Waals surface area contributed by atoms with Crippen LogP contribution >= 0.6 is 0 Å². The molecule has 3 fully saturated rings. The van der Waals surface area contributed by atoms with Gasteiger partial charge in [0, 0.05) is 31.7 Å². The Hall–Kier alpha value is -1.66. The summed E-state index contributed by atoms with van der Waals surface area (Å²) in [7, 11) is 0. The summed E-state index contributed by atoms with van der Waals surface area (Å²) in [5.74, 6) is 1.41. The van der Waals surface area contributed by atoms with Crippen LogP contribution in [0.3, 0.4) is 0 Å². The maximum Gasteiger partial charge on any atom is 0.223 e. The van der Waals surface area contributed by atoms with Crippen LogP contribution < -0.4 is 15.5 Å². The minimum atomic E-state index is 0.215. The molecule has 3 unspecified atom stereocenters. The lowest BCUT2D eigenvalue weighted by Crippen LogP contribution is -2.45. The van der Waals surface area contributed by atoms with E-state index in [0.29, 0.717) is 12.0 Å². The molecule has 0 bridgehead atoms. The number of carbonyl (C=O) groups excluding carboxylic acids is 1. The van der Waals surface area contributed by atoms with Gasteiger partial charge in [0.1, 0.15) is 5.82 Å². The maximum atomic E-state index is 12.5. The topological polar surface area (TPSA) is 66.5 Å². The zero-order valence-electron chi connectivity index (χ0n) is 15.8. The third-order valence-corrected chi connectivity index (χ3v) is 6.13. The van der Waals surface area contributed by atoms with E-state index in [1.165, 1.54) is 0 Å². The van der Waals surface area contributed by atoms with Crippen LogP contribution in [-0.2, 0) is 16.1 Å². The summed E-state index contributed by atoms with van der Waals surface area (Å²) >= 11 is 0. The second kappa shape index (κ2) is 7.16.